The fraction of sp³-hybridized carbons (Fsp3) is 0.0625. The Morgan fingerprint density at radius 1 is 1.19 bits per heavy atom. The molecule has 0 aliphatic carbocycles. The zero-order valence-corrected chi connectivity index (χ0v) is 11.2. The fourth-order valence-corrected chi connectivity index (χ4v) is 2.10. The molecule has 1 aromatic heterocycles. The second-order valence-corrected chi connectivity index (χ2v) is 4.66. The molecule has 1 heterocycles. The van der Waals surface area contributed by atoms with E-state index in [1.165, 1.54) is 18.2 Å². The zero-order valence-electron chi connectivity index (χ0n) is 11.2. The topological polar surface area (TPSA) is 65.5 Å². The number of nitrogen functional groups attached to an aromatic ring is 1. The number of benzene rings is 2. The van der Waals surface area contributed by atoms with Crippen molar-refractivity contribution in [2.24, 2.45) is 0 Å². The maximum Gasteiger partial charge on any atom is 0.336 e. The van der Waals surface area contributed by atoms with Crippen LogP contribution in [0, 0.1) is 12.7 Å². The van der Waals surface area contributed by atoms with E-state index >= 15 is 0 Å². The predicted molar refractivity (Wildman–Crippen MR) is 78.1 cm³/mol. The third-order valence-corrected chi connectivity index (χ3v) is 3.16. The van der Waals surface area contributed by atoms with Gasteiger partial charge in [0.15, 0.2) is 5.75 Å². The lowest BCUT2D eigenvalue weighted by Gasteiger charge is -2.09. The van der Waals surface area contributed by atoms with Gasteiger partial charge in [-0.15, -0.1) is 0 Å². The molecule has 0 fully saturated rings. The summed E-state index contributed by atoms with van der Waals surface area (Å²) in [6.07, 6.45) is 0. The van der Waals surface area contributed by atoms with Gasteiger partial charge in [0.05, 0.1) is 0 Å². The Balaban J connectivity index is 2.05. The van der Waals surface area contributed by atoms with Crippen LogP contribution in [0.25, 0.3) is 11.0 Å². The van der Waals surface area contributed by atoms with Crippen molar-refractivity contribution in [1.82, 2.24) is 0 Å². The Labute approximate surface area is 119 Å². The lowest BCUT2D eigenvalue weighted by Crippen LogP contribution is -1.98. The number of anilines is 1. The van der Waals surface area contributed by atoms with Crippen molar-refractivity contribution in [2.75, 3.05) is 5.73 Å². The van der Waals surface area contributed by atoms with Crippen molar-refractivity contribution in [1.29, 1.82) is 0 Å². The first kappa shape index (κ1) is 13.2. The summed E-state index contributed by atoms with van der Waals surface area (Å²) in [5.41, 5.74) is 6.35. The molecule has 0 amide bonds. The Kier molecular flexibility index (Phi) is 3.10. The van der Waals surface area contributed by atoms with Gasteiger partial charge >= 0.3 is 5.63 Å². The van der Waals surface area contributed by atoms with E-state index in [0.717, 1.165) is 10.9 Å². The van der Waals surface area contributed by atoms with E-state index in [0.29, 0.717) is 11.3 Å². The van der Waals surface area contributed by atoms with Crippen molar-refractivity contribution in [2.45, 2.75) is 6.92 Å². The summed E-state index contributed by atoms with van der Waals surface area (Å²) in [5.74, 6) is 0.0774. The van der Waals surface area contributed by atoms with E-state index in [4.69, 9.17) is 14.9 Å². The fourth-order valence-electron chi connectivity index (χ4n) is 2.10. The molecule has 0 aliphatic rings. The molecular weight excluding hydrogens is 273 g/mol. The minimum absolute atomic E-state index is 0.0664. The quantitative estimate of drug-likeness (QED) is 0.577. The number of hydrogen-bond donors (Lipinski definition) is 1. The van der Waals surface area contributed by atoms with E-state index in [-0.39, 0.29) is 11.4 Å². The van der Waals surface area contributed by atoms with E-state index in [1.807, 2.05) is 6.92 Å². The summed E-state index contributed by atoms with van der Waals surface area (Å²) in [6.45, 7) is 1.82. The average Bonchev–Trinajstić information content (AvgIpc) is 2.43. The second kappa shape index (κ2) is 4.94. The number of fused-ring (bicyclic) bond motifs is 1. The van der Waals surface area contributed by atoms with Gasteiger partial charge in [0.25, 0.3) is 0 Å². The van der Waals surface area contributed by atoms with Crippen LogP contribution in [0.15, 0.2) is 51.7 Å². The lowest BCUT2D eigenvalue weighted by molar-refractivity contribution is 0.478. The molecule has 0 unspecified atom stereocenters. The van der Waals surface area contributed by atoms with Gasteiger partial charge in [0.1, 0.15) is 22.8 Å². The molecule has 3 rings (SSSR count). The van der Waals surface area contributed by atoms with Gasteiger partial charge in [-0.2, -0.15) is 0 Å². The smallest absolute Gasteiger partial charge is 0.336 e. The van der Waals surface area contributed by atoms with Crippen LogP contribution < -0.4 is 16.1 Å². The molecule has 106 valence electrons. The van der Waals surface area contributed by atoms with Crippen LogP contribution in [0.4, 0.5) is 10.1 Å². The van der Waals surface area contributed by atoms with Gasteiger partial charge in [-0.1, -0.05) is 6.07 Å². The molecule has 0 atom stereocenters. The standard InChI is InChI=1S/C16H12FNO3/c1-9-7-15(19)21-14-8-10(5-6-11(9)14)20-13-4-2-3-12(17)16(13)18/h2-8H,18H2,1H3. The van der Waals surface area contributed by atoms with Gasteiger partial charge in [0, 0.05) is 17.5 Å². The maximum atomic E-state index is 13.4. The van der Waals surface area contributed by atoms with Gasteiger partial charge < -0.3 is 14.9 Å². The number of para-hydroxylation sites is 1. The van der Waals surface area contributed by atoms with E-state index in [1.54, 1.807) is 24.3 Å². The third kappa shape index (κ3) is 2.45. The van der Waals surface area contributed by atoms with Crippen LogP contribution in [0.1, 0.15) is 5.56 Å². The van der Waals surface area contributed by atoms with Crippen molar-refractivity contribution < 1.29 is 13.5 Å². The molecule has 2 N–H and O–H groups in total. The van der Waals surface area contributed by atoms with Crippen LogP contribution in [-0.2, 0) is 0 Å². The first-order chi connectivity index (χ1) is 10.0. The second-order valence-electron chi connectivity index (χ2n) is 4.66. The van der Waals surface area contributed by atoms with Crippen molar-refractivity contribution >= 4 is 16.7 Å². The normalized spacial score (nSPS) is 10.8. The molecule has 0 saturated carbocycles. The Bertz CT molecular complexity index is 886. The van der Waals surface area contributed by atoms with Crippen LogP contribution in [0.3, 0.4) is 0 Å². The number of nitrogens with two attached hydrogens (primary N) is 1. The number of ether oxygens (including phenoxy) is 1. The number of rotatable bonds is 2. The molecule has 3 aromatic rings. The van der Waals surface area contributed by atoms with Gasteiger partial charge in [0.2, 0.25) is 0 Å². The zero-order chi connectivity index (χ0) is 15.0. The molecule has 0 bridgehead atoms. The summed E-state index contributed by atoms with van der Waals surface area (Å²) < 4.78 is 24.1. The van der Waals surface area contributed by atoms with E-state index < -0.39 is 11.4 Å². The first-order valence-electron chi connectivity index (χ1n) is 6.31. The highest BCUT2D eigenvalue weighted by Crippen LogP contribution is 2.31. The molecule has 0 spiro atoms. The molecular formula is C16H12FNO3. The van der Waals surface area contributed by atoms with Gasteiger partial charge in [-0.25, -0.2) is 9.18 Å². The average molecular weight is 285 g/mol. The van der Waals surface area contributed by atoms with Crippen LogP contribution in [-0.4, -0.2) is 0 Å². The van der Waals surface area contributed by atoms with Crippen LogP contribution >= 0.6 is 0 Å². The molecule has 2 aromatic carbocycles. The van der Waals surface area contributed by atoms with Crippen molar-refractivity contribution in [3.05, 3.63) is 64.3 Å². The molecule has 5 heteroatoms. The summed E-state index contributed by atoms with van der Waals surface area (Å²) in [4.78, 5) is 11.4. The summed E-state index contributed by atoms with van der Waals surface area (Å²) in [6, 6.07) is 10.8. The number of hydrogen-bond acceptors (Lipinski definition) is 4. The lowest BCUT2D eigenvalue weighted by atomic mass is 10.1. The Hall–Kier alpha value is -2.82. The molecule has 0 radical (unpaired) electrons. The van der Waals surface area contributed by atoms with Crippen molar-refractivity contribution in [3.63, 3.8) is 0 Å². The predicted octanol–water partition coefficient (Wildman–Crippen LogP) is 3.62. The first-order valence-corrected chi connectivity index (χ1v) is 6.31. The monoisotopic (exact) mass is 285 g/mol. The summed E-state index contributed by atoms with van der Waals surface area (Å²) >= 11 is 0. The molecule has 21 heavy (non-hydrogen) atoms. The van der Waals surface area contributed by atoms with Crippen LogP contribution in [0.2, 0.25) is 0 Å². The minimum Gasteiger partial charge on any atom is -0.455 e. The van der Waals surface area contributed by atoms with E-state index in [2.05, 4.69) is 0 Å². The molecule has 4 nitrogen and oxygen atoms in total. The SMILES string of the molecule is Cc1cc(=O)oc2cc(Oc3cccc(F)c3N)ccc12. The Morgan fingerprint density at radius 2 is 2.00 bits per heavy atom. The summed E-state index contributed by atoms with van der Waals surface area (Å²) in [7, 11) is 0. The maximum absolute atomic E-state index is 13.4. The molecule has 0 aliphatic heterocycles. The number of halogens is 1. The van der Waals surface area contributed by atoms with Gasteiger partial charge in [-0.05, 0) is 36.8 Å². The Morgan fingerprint density at radius 3 is 2.81 bits per heavy atom. The van der Waals surface area contributed by atoms with E-state index in [9.17, 15) is 9.18 Å². The molecule has 0 saturated heterocycles. The van der Waals surface area contributed by atoms with Crippen LogP contribution in [0.5, 0.6) is 11.5 Å². The minimum atomic E-state index is -0.546. The highest BCUT2D eigenvalue weighted by atomic mass is 19.1. The number of aryl methyl sites for hydroxylation is 1. The highest BCUT2D eigenvalue weighted by Gasteiger charge is 2.08. The highest BCUT2D eigenvalue weighted by molar-refractivity contribution is 5.81. The largest absolute Gasteiger partial charge is 0.455 e. The van der Waals surface area contributed by atoms with Gasteiger partial charge in [-0.3, -0.25) is 0 Å². The third-order valence-electron chi connectivity index (χ3n) is 3.16. The van der Waals surface area contributed by atoms with Crippen molar-refractivity contribution in [3.8, 4) is 11.5 Å². The summed E-state index contributed by atoms with van der Waals surface area (Å²) in [5, 5.41) is 0.814.